The first kappa shape index (κ1) is 15.5. The molecule has 0 radical (unpaired) electrons. The molecule has 0 aliphatic carbocycles. The van der Waals surface area contributed by atoms with Gasteiger partial charge in [-0.25, -0.2) is 0 Å². The Balaban J connectivity index is 1.91. The highest BCUT2D eigenvalue weighted by atomic mass is 35.5. The van der Waals surface area contributed by atoms with Crippen LogP contribution >= 0.6 is 23.4 Å². The van der Waals surface area contributed by atoms with E-state index in [1.165, 1.54) is 17.8 Å². The van der Waals surface area contributed by atoms with Gasteiger partial charge >= 0.3 is 0 Å². The minimum atomic E-state index is -0.209. The summed E-state index contributed by atoms with van der Waals surface area (Å²) in [5, 5.41) is 4.94. The van der Waals surface area contributed by atoms with Gasteiger partial charge in [-0.05, 0) is 35.7 Å². The van der Waals surface area contributed by atoms with Gasteiger partial charge in [0.15, 0.2) is 0 Å². The summed E-state index contributed by atoms with van der Waals surface area (Å²) < 4.78 is 5.06. The summed E-state index contributed by atoms with van der Waals surface area (Å²) in [4.78, 5) is 12.9. The first-order valence-corrected chi connectivity index (χ1v) is 7.47. The number of hydrogen-bond acceptors (Lipinski definition) is 3. The molecule has 3 nitrogen and oxygen atoms in total. The predicted octanol–water partition coefficient (Wildman–Crippen LogP) is 4.59. The maximum Gasteiger partial charge on any atom is 0.248 e. The van der Waals surface area contributed by atoms with Gasteiger partial charge < -0.3 is 10.1 Å². The number of carbonyl (C=O) groups excluding carboxylic acids is 1. The molecule has 0 saturated heterocycles. The third-order valence-corrected chi connectivity index (χ3v) is 3.70. The summed E-state index contributed by atoms with van der Waals surface area (Å²) in [7, 11) is 1.54. The number of thioether (sulfide) groups is 1. The van der Waals surface area contributed by atoms with Crippen molar-refractivity contribution in [2.75, 3.05) is 12.4 Å². The Morgan fingerprint density at radius 2 is 2.00 bits per heavy atom. The molecule has 0 heterocycles. The maximum absolute atomic E-state index is 11.8. The van der Waals surface area contributed by atoms with Crippen LogP contribution in [-0.4, -0.2) is 13.0 Å². The van der Waals surface area contributed by atoms with Crippen molar-refractivity contribution in [3.63, 3.8) is 0 Å². The van der Waals surface area contributed by atoms with Crippen molar-refractivity contribution in [1.82, 2.24) is 0 Å². The Kier molecular flexibility index (Phi) is 5.72. The van der Waals surface area contributed by atoms with Crippen molar-refractivity contribution in [2.24, 2.45) is 0 Å². The lowest BCUT2D eigenvalue weighted by Crippen LogP contribution is -2.07. The minimum Gasteiger partial charge on any atom is -0.495 e. The van der Waals surface area contributed by atoms with E-state index in [9.17, 15) is 4.79 Å². The van der Waals surface area contributed by atoms with E-state index in [1.807, 2.05) is 30.3 Å². The van der Waals surface area contributed by atoms with Gasteiger partial charge in [0.1, 0.15) is 5.75 Å². The van der Waals surface area contributed by atoms with Crippen molar-refractivity contribution in [3.05, 3.63) is 65.0 Å². The van der Waals surface area contributed by atoms with E-state index in [4.69, 9.17) is 16.3 Å². The summed E-state index contributed by atoms with van der Waals surface area (Å²) in [6, 6.07) is 14.9. The highest BCUT2D eigenvalue weighted by molar-refractivity contribution is 8.02. The number of ether oxygens (including phenoxy) is 1. The maximum atomic E-state index is 11.8. The molecule has 0 aliphatic rings. The molecule has 2 aromatic carbocycles. The lowest BCUT2D eigenvalue weighted by Gasteiger charge is -2.06. The standard InChI is InChI=1S/C16H14ClNO2S/c1-20-15-8-7-12(11-14(15)17)18-16(19)9-10-21-13-5-3-2-4-6-13/h2-11H,1H3,(H,18,19). The molecule has 0 unspecified atom stereocenters. The van der Waals surface area contributed by atoms with Gasteiger partial charge in [-0.15, -0.1) is 0 Å². The second-order valence-electron chi connectivity index (χ2n) is 4.07. The smallest absolute Gasteiger partial charge is 0.248 e. The van der Waals surface area contributed by atoms with Crippen LogP contribution in [0.15, 0.2) is 64.9 Å². The Hall–Kier alpha value is -1.91. The molecule has 0 spiro atoms. The number of nitrogens with one attached hydrogen (secondary N) is 1. The topological polar surface area (TPSA) is 38.3 Å². The van der Waals surface area contributed by atoms with E-state index in [0.717, 1.165) is 4.90 Å². The van der Waals surface area contributed by atoms with Crippen LogP contribution in [0.4, 0.5) is 5.69 Å². The third kappa shape index (κ3) is 4.85. The molecule has 5 heteroatoms. The van der Waals surface area contributed by atoms with Crippen molar-refractivity contribution in [2.45, 2.75) is 4.90 Å². The zero-order valence-corrected chi connectivity index (χ0v) is 12.9. The highest BCUT2D eigenvalue weighted by Crippen LogP contribution is 2.27. The monoisotopic (exact) mass is 319 g/mol. The molecule has 0 atom stereocenters. The van der Waals surface area contributed by atoms with E-state index >= 15 is 0 Å². The van der Waals surface area contributed by atoms with Gasteiger partial charge in [-0.1, -0.05) is 41.6 Å². The molecule has 0 saturated carbocycles. The van der Waals surface area contributed by atoms with Crippen LogP contribution in [0.2, 0.25) is 5.02 Å². The van der Waals surface area contributed by atoms with E-state index in [-0.39, 0.29) is 5.91 Å². The Morgan fingerprint density at radius 1 is 1.24 bits per heavy atom. The number of amides is 1. The molecular formula is C16H14ClNO2S. The van der Waals surface area contributed by atoms with Crippen LogP contribution in [0.1, 0.15) is 0 Å². The second-order valence-corrected chi connectivity index (χ2v) is 5.46. The molecule has 21 heavy (non-hydrogen) atoms. The normalized spacial score (nSPS) is 10.6. The molecule has 0 bridgehead atoms. The number of anilines is 1. The Bertz CT molecular complexity index is 644. The molecule has 1 amide bonds. The average molecular weight is 320 g/mol. The number of methoxy groups -OCH3 is 1. The molecule has 108 valence electrons. The summed E-state index contributed by atoms with van der Waals surface area (Å²) in [6.45, 7) is 0. The molecule has 0 fully saturated rings. The number of hydrogen-bond donors (Lipinski definition) is 1. The first-order valence-electron chi connectivity index (χ1n) is 6.22. The lowest BCUT2D eigenvalue weighted by atomic mass is 10.3. The van der Waals surface area contributed by atoms with E-state index in [1.54, 1.807) is 30.7 Å². The lowest BCUT2D eigenvalue weighted by molar-refractivity contribution is -0.111. The summed E-state index contributed by atoms with van der Waals surface area (Å²) >= 11 is 7.48. The molecule has 0 aliphatic heterocycles. The second kappa shape index (κ2) is 7.76. The Morgan fingerprint density at radius 3 is 2.67 bits per heavy atom. The number of rotatable bonds is 5. The van der Waals surface area contributed by atoms with Gasteiger partial charge in [0.2, 0.25) is 5.91 Å². The van der Waals surface area contributed by atoms with Gasteiger partial charge in [0, 0.05) is 16.7 Å². The number of halogens is 1. The van der Waals surface area contributed by atoms with E-state index in [0.29, 0.717) is 16.5 Å². The van der Waals surface area contributed by atoms with Crippen molar-refractivity contribution in [1.29, 1.82) is 0 Å². The van der Waals surface area contributed by atoms with Crippen molar-refractivity contribution >= 4 is 35.0 Å². The highest BCUT2D eigenvalue weighted by Gasteiger charge is 2.03. The zero-order chi connectivity index (χ0) is 15.1. The number of benzene rings is 2. The minimum absolute atomic E-state index is 0.209. The van der Waals surface area contributed by atoms with Crippen LogP contribution in [0.3, 0.4) is 0 Å². The van der Waals surface area contributed by atoms with E-state index in [2.05, 4.69) is 5.32 Å². The molecule has 0 aromatic heterocycles. The summed E-state index contributed by atoms with van der Waals surface area (Å²) in [6.07, 6.45) is 1.48. The SMILES string of the molecule is COc1ccc(NC(=O)C=CSc2ccccc2)cc1Cl. The largest absolute Gasteiger partial charge is 0.495 e. The van der Waals surface area contributed by atoms with E-state index < -0.39 is 0 Å². The van der Waals surface area contributed by atoms with Crippen molar-refractivity contribution in [3.8, 4) is 5.75 Å². The summed E-state index contributed by atoms with van der Waals surface area (Å²) in [5.74, 6) is 0.365. The number of carbonyl (C=O) groups is 1. The first-order chi connectivity index (χ1) is 10.2. The Labute approximate surface area is 133 Å². The van der Waals surface area contributed by atoms with Crippen LogP contribution in [0, 0.1) is 0 Å². The quantitative estimate of drug-likeness (QED) is 0.647. The molecule has 2 rings (SSSR count). The van der Waals surface area contributed by atoms with Crippen LogP contribution in [-0.2, 0) is 4.79 Å². The fourth-order valence-corrected chi connectivity index (χ4v) is 2.52. The van der Waals surface area contributed by atoms with Crippen LogP contribution in [0.5, 0.6) is 5.75 Å². The predicted molar refractivity (Wildman–Crippen MR) is 88.1 cm³/mol. The molecule has 2 aromatic rings. The van der Waals surface area contributed by atoms with Gasteiger partial charge in [0.25, 0.3) is 0 Å². The van der Waals surface area contributed by atoms with Crippen LogP contribution in [0.25, 0.3) is 0 Å². The third-order valence-electron chi connectivity index (χ3n) is 2.59. The fraction of sp³-hybridized carbons (Fsp3) is 0.0625. The molecule has 1 N–H and O–H groups in total. The van der Waals surface area contributed by atoms with Crippen molar-refractivity contribution < 1.29 is 9.53 Å². The molecular weight excluding hydrogens is 306 g/mol. The van der Waals surface area contributed by atoms with Gasteiger partial charge in [0.05, 0.1) is 12.1 Å². The van der Waals surface area contributed by atoms with Gasteiger partial charge in [-0.2, -0.15) is 0 Å². The average Bonchev–Trinajstić information content (AvgIpc) is 2.48. The summed E-state index contributed by atoms with van der Waals surface area (Å²) in [5.41, 5.74) is 0.625. The fourth-order valence-electron chi connectivity index (χ4n) is 1.60. The van der Waals surface area contributed by atoms with Gasteiger partial charge in [-0.3, -0.25) is 4.79 Å². The zero-order valence-electron chi connectivity index (χ0n) is 11.4. The van der Waals surface area contributed by atoms with Crippen LogP contribution < -0.4 is 10.1 Å².